The summed E-state index contributed by atoms with van der Waals surface area (Å²) in [4.78, 5) is 22.8. The van der Waals surface area contributed by atoms with E-state index in [9.17, 15) is 22.8 Å². The zero-order valence-electron chi connectivity index (χ0n) is 13.8. The van der Waals surface area contributed by atoms with Gasteiger partial charge in [-0.25, -0.2) is 0 Å². The summed E-state index contributed by atoms with van der Waals surface area (Å²) in [7, 11) is 0. The maximum Gasteiger partial charge on any atom is 0.432 e. The molecule has 4 nitrogen and oxygen atoms in total. The predicted octanol–water partition coefficient (Wildman–Crippen LogP) is 3.29. The van der Waals surface area contributed by atoms with Gasteiger partial charge < -0.3 is 4.74 Å². The normalized spacial score (nSPS) is 18.9. The first kappa shape index (κ1) is 18.6. The molecule has 2 rings (SSSR count). The molecule has 0 spiro atoms. The van der Waals surface area contributed by atoms with Crippen molar-refractivity contribution < 1.29 is 22.7 Å². The molecule has 1 aromatic rings. The molecule has 0 aromatic carbocycles. The average Bonchev–Trinajstić information content (AvgIpc) is 2.68. The molecule has 0 radical (unpaired) electrons. The quantitative estimate of drug-likeness (QED) is 0.611. The van der Waals surface area contributed by atoms with Gasteiger partial charge in [0.1, 0.15) is 12.3 Å². The molecular weight excluding hydrogens is 343 g/mol. The number of aromatic nitrogens is 1. The number of ether oxygens (including phenoxy) is 1. The van der Waals surface area contributed by atoms with Crippen LogP contribution in [-0.4, -0.2) is 10.5 Å². The number of halogens is 3. The Labute approximate surface area is 141 Å². The van der Waals surface area contributed by atoms with E-state index in [1.54, 1.807) is 0 Å². The van der Waals surface area contributed by atoms with E-state index in [-0.39, 0.29) is 21.6 Å². The second-order valence-electron chi connectivity index (χ2n) is 6.91. The Morgan fingerprint density at radius 1 is 1.33 bits per heavy atom. The van der Waals surface area contributed by atoms with Gasteiger partial charge in [-0.3, -0.25) is 14.2 Å². The van der Waals surface area contributed by atoms with E-state index in [1.165, 1.54) is 0 Å². The van der Waals surface area contributed by atoms with E-state index >= 15 is 0 Å². The maximum atomic E-state index is 13.2. The number of carbonyl (C=O) groups excluding carboxylic acids is 1. The molecule has 0 saturated heterocycles. The summed E-state index contributed by atoms with van der Waals surface area (Å²) >= 11 is 0.396. The van der Waals surface area contributed by atoms with Crippen molar-refractivity contribution in [3.05, 3.63) is 20.2 Å². The van der Waals surface area contributed by atoms with Gasteiger partial charge in [0.2, 0.25) is 0 Å². The Bertz CT molecular complexity index is 751. The van der Waals surface area contributed by atoms with Gasteiger partial charge in [0, 0.05) is 0 Å². The topological polar surface area (TPSA) is 48.3 Å². The summed E-state index contributed by atoms with van der Waals surface area (Å²) in [5, 5.41) is 0. The third-order valence-corrected chi connectivity index (χ3v) is 6.04. The van der Waals surface area contributed by atoms with Crippen molar-refractivity contribution in [2.75, 3.05) is 0 Å². The third kappa shape index (κ3) is 2.86. The van der Waals surface area contributed by atoms with Crippen LogP contribution in [0.1, 0.15) is 38.3 Å². The first-order valence-electron chi connectivity index (χ1n) is 7.25. The van der Waals surface area contributed by atoms with Crippen molar-refractivity contribution in [1.82, 2.24) is 4.57 Å². The summed E-state index contributed by atoms with van der Waals surface area (Å²) in [6.45, 7) is 6.54. The highest BCUT2D eigenvalue weighted by molar-refractivity contribution is 7.09. The van der Waals surface area contributed by atoms with E-state index in [4.69, 9.17) is 11.2 Å². The Hall–Kier alpha value is -1.75. The van der Waals surface area contributed by atoms with Gasteiger partial charge in [0.15, 0.2) is 0 Å². The Morgan fingerprint density at radius 3 is 2.29 bits per heavy atom. The van der Waals surface area contributed by atoms with E-state index in [0.717, 1.165) is 0 Å². The number of carbonyl (C=O) groups is 1. The van der Waals surface area contributed by atoms with Crippen LogP contribution in [0, 0.1) is 29.1 Å². The van der Waals surface area contributed by atoms with Crippen LogP contribution in [0.15, 0.2) is 4.79 Å². The molecule has 0 aliphatic heterocycles. The Morgan fingerprint density at radius 2 is 1.88 bits per heavy atom. The van der Waals surface area contributed by atoms with Crippen LogP contribution in [0.5, 0.6) is 0 Å². The Kier molecular flexibility index (Phi) is 4.38. The fourth-order valence-corrected chi connectivity index (χ4v) is 4.02. The van der Waals surface area contributed by atoms with Crippen LogP contribution in [0.3, 0.4) is 0 Å². The number of alkyl halides is 3. The van der Waals surface area contributed by atoms with Crippen LogP contribution >= 0.6 is 11.3 Å². The zero-order chi connectivity index (χ0) is 18.5. The lowest BCUT2D eigenvalue weighted by Crippen LogP contribution is -2.22. The SMILES string of the molecule is C#CCn1c(C(F)(F)F)c(COC(=O)C2C(C)(C)C2(C)C)sc1=O. The smallest absolute Gasteiger partial charge is 0.432 e. The average molecular weight is 361 g/mol. The van der Waals surface area contributed by atoms with E-state index in [2.05, 4.69) is 0 Å². The number of esters is 1. The summed E-state index contributed by atoms with van der Waals surface area (Å²) in [6.07, 6.45) is 0.269. The highest BCUT2D eigenvalue weighted by Gasteiger charge is 2.69. The highest BCUT2D eigenvalue weighted by Crippen LogP contribution is 2.68. The number of rotatable bonds is 4. The molecular formula is C16H18F3NO3S. The van der Waals surface area contributed by atoms with E-state index < -0.39 is 35.9 Å². The molecule has 1 aliphatic carbocycles. The minimum atomic E-state index is -4.75. The van der Waals surface area contributed by atoms with Gasteiger partial charge in [-0.05, 0) is 10.8 Å². The number of nitrogens with zero attached hydrogens (tertiary/aromatic N) is 1. The zero-order valence-corrected chi connectivity index (χ0v) is 14.6. The lowest BCUT2D eigenvalue weighted by Gasteiger charge is -2.11. The van der Waals surface area contributed by atoms with Crippen LogP contribution < -0.4 is 4.87 Å². The summed E-state index contributed by atoms with van der Waals surface area (Å²) in [5.41, 5.74) is -1.70. The molecule has 0 amide bonds. The molecule has 0 atom stereocenters. The van der Waals surface area contributed by atoms with Gasteiger partial charge in [-0.15, -0.1) is 6.42 Å². The molecule has 0 N–H and O–H groups in total. The maximum absolute atomic E-state index is 13.2. The van der Waals surface area contributed by atoms with Crippen LogP contribution in [0.4, 0.5) is 13.2 Å². The van der Waals surface area contributed by atoms with E-state index in [1.807, 2.05) is 33.6 Å². The molecule has 132 valence electrons. The fourth-order valence-electron chi connectivity index (χ4n) is 3.10. The summed E-state index contributed by atoms with van der Waals surface area (Å²) in [5.74, 6) is 1.09. The van der Waals surface area contributed by atoms with Gasteiger partial charge >= 0.3 is 17.0 Å². The largest absolute Gasteiger partial charge is 0.460 e. The van der Waals surface area contributed by atoms with Crippen LogP contribution in [0.25, 0.3) is 0 Å². The van der Waals surface area contributed by atoms with Crippen molar-refractivity contribution in [3.8, 4) is 12.3 Å². The lowest BCUT2D eigenvalue weighted by molar-refractivity contribution is -0.151. The second kappa shape index (κ2) is 5.66. The second-order valence-corrected chi connectivity index (χ2v) is 7.96. The molecule has 0 unspecified atom stereocenters. The predicted molar refractivity (Wildman–Crippen MR) is 83.3 cm³/mol. The van der Waals surface area contributed by atoms with Crippen molar-refractivity contribution >= 4 is 17.3 Å². The standard InChI is InChI=1S/C16H18F3NO3S/c1-6-7-20-11(16(17,18)19)9(24-13(20)22)8-23-12(21)10-14(2,3)15(10,4)5/h1,10H,7-8H2,2-5H3. The van der Waals surface area contributed by atoms with Crippen molar-refractivity contribution in [3.63, 3.8) is 0 Å². The minimum Gasteiger partial charge on any atom is -0.460 e. The van der Waals surface area contributed by atoms with Gasteiger partial charge in [-0.1, -0.05) is 45.0 Å². The highest BCUT2D eigenvalue weighted by atomic mass is 32.1. The molecule has 1 saturated carbocycles. The number of terminal acetylenes is 1. The number of thiazole rings is 1. The summed E-state index contributed by atoms with van der Waals surface area (Å²) < 4.78 is 45.2. The number of hydrogen-bond donors (Lipinski definition) is 0. The monoisotopic (exact) mass is 361 g/mol. The molecule has 8 heteroatoms. The minimum absolute atomic E-state index is 0.278. The first-order chi connectivity index (χ1) is 10.9. The molecule has 1 heterocycles. The number of hydrogen-bond acceptors (Lipinski definition) is 4. The van der Waals surface area contributed by atoms with Crippen LogP contribution in [-0.2, 0) is 28.9 Å². The molecule has 24 heavy (non-hydrogen) atoms. The molecule has 1 aliphatic rings. The molecule has 1 aromatic heterocycles. The van der Waals surface area contributed by atoms with Crippen molar-refractivity contribution in [2.45, 2.75) is 47.0 Å². The summed E-state index contributed by atoms with van der Waals surface area (Å²) in [6, 6.07) is 0. The lowest BCUT2D eigenvalue weighted by atomic mass is 10.0. The van der Waals surface area contributed by atoms with Gasteiger partial charge in [-0.2, -0.15) is 13.2 Å². The first-order valence-corrected chi connectivity index (χ1v) is 8.07. The fraction of sp³-hybridized carbons (Fsp3) is 0.625. The third-order valence-electron chi connectivity index (χ3n) is 5.08. The Balaban J connectivity index is 2.23. The molecule has 1 fully saturated rings. The van der Waals surface area contributed by atoms with Crippen LogP contribution in [0.2, 0.25) is 0 Å². The molecule has 0 bridgehead atoms. The van der Waals surface area contributed by atoms with Crippen molar-refractivity contribution in [2.24, 2.45) is 16.7 Å². The van der Waals surface area contributed by atoms with E-state index in [0.29, 0.717) is 15.9 Å². The van der Waals surface area contributed by atoms with Crippen molar-refractivity contribution in [1.29, 1.82) is 0 Å². The van der Waals surface area contributed by atoms with Gasteiger partial charge in [0.05, 0.1) is 17.3 Å². The van der Waals surface area contributed by atoms with Gasteiger partial charge in [0.25, 0.3) is 0 Å².